The standard InChI is InChI=1S/C31H31N7O6/c1-2-32-31(42)37-28-25-29(34-16-33-28)38(17-35-25)22-14-19(15-23(39)36-21-11-7-6-10-20(21)30(40)41)26-27(22)44-24(43-26)13-12-18-8-4-3-5-9-18/h3-13,16-17,19,22,24,26-27H,2,14-15H2,1H3,(H,36,39)(H,40,41)(H2,32,33,34,37,42)/b13-12+/t19?,22?,24-,26?,27?/m0/s1. The quantitative estimate of drug-likeness (QED) is 0.222. The van der Waals surface area contributed by atoms with Crippen LogP contribution in [0.15, 0.2) is 73.3 Å². The molecule has 2 aliphatic rings. The summed E-state index contributed by atoms with van der Waals surface area (Å²) in [5.41, 5.74) is 2.15. The molecule has 4 aromatic rings. The first-order valence-corrected chi connectivity index (χ1v) is 14.3. The molecule has 2 aromatic heterocycles. The molecule has 0 bridgehead atoms. The summed E-state index contributed by atoms with van der Waals surface area (Å²) in [5.74, 6) is -1.45. The molecule has 2 fully saturated rings. The lowest BCUT2D eigenvalue weighted by atomic mass is 10.0. The lowest BCUT2D eigenvalue weighted by Crippen LogP contribution is -2.29. The normalized spacial score (nSPS) is 22.6. The van der Waals surface area contributed by atoms with Gasteiger partial charge in [0.15, 0.2) is 23.3 Å². The van der Waals surface area contributed by atoms with E-state index in [9.17, 15) is 19.5 Å². The van der Waals surface area contributed by atoms with Crippen LogP contribution in [0.3, 0.4) is 0 Å². The first kappa shape index (κ1) is 29.0. The van der Waals surface area contributed by atoms with Crippen LogP contribution in [-0.4, -0.2) is 67.6 Å². The highest BCUT2D eigenvalue weighted by molar-refractivity contribution is 6.00. The van der Waals surface area contributed by atoms with Crippen LogP contribution in [0, 0.1) is 5.92 Å². The third-order valence-corrected chi connectivity index (χ3v) is 7.70. The van der Waals surface area contributed by atoms with Crippen LogP contribution >= 0.6 is 0 Å². The number of nitrogens with zero attached hydrogens (tertiary/aromatic N) is 4. The number of ether oxygens (including phenoxy) is 2. The zero-order valence-corrected chi connectivity index (χ0v) is 23.8. The fourth-order valence-electron chi connectivity index (χ4n) is 5.80. The Kier molecular flexibility index (Phi) is 8.30. The molecule has 226 valence electrons. The van der Waals surface area contributed by atoms with Crippen molar-refractivity contribution >= 4 is 46.7 Å². The monoisotopic (exact) mass is 597 g/mol. The number of rotatable bonds is 9. The minimum absolute atomic E-state index is 0.0104. The van der Waals surface area contributed by atoms with Crippen molar-refractivity contribution in [2.24, 2.45) is 5.92 Å². The summed E-state index contributed by atoms with van der Waals surface area (Å²) in [6, 6.07) is 15.4. The largest absolute Gasteiger partial charge is 0.478 e. The molecule has 5 atom stereocenters. The number of benzene rings is 2. The van der Waals surface area contributed by atoms with E-state index in [-0.39, 0.29) is 41.4 Å². The lowest BCUT2D eigenvalue weighted by Gasteiger charge is -2.19. The number of aromatic nitrogens is 4. The van der Waals surface area contributed by atoms with E-state index in [4.69, 9.17) is 9.47 Å². The van der Waals surface area contributed by atoms with Crippen LogP contribution < -0.4 is 16.0 Å². The van der Waals surface area contributed by atoms with Crippen LogP contribution in [0.25, 0.3) is 17.2 Å². The summed E-state index contributed by atoms with van der Waals surface area (Å²) in [5, 5.41) is 17.7. The molecule has 0 spiro atoms. The van der Waals surface area contributed by atoms with Gasteiger partial charge in [-0.2, -0.15) is 0 Å². The van der Waals surface area contributed by atoms with Gasteiger partial charge >= 0.3 is 12.0 Å². The van der Waals surface area contributed by atoms with Gasteiger partial charge in [0.1, 0.15) is 12.4 Å². The molecular weight excluding hydrogens is 566 g/mol. The lowest BCUT2D eigenvalue weighted by molar-refractivity contribution is -0.118. The Morgan fingerprint density at radius 1 is 1.00 bits per heavy atom. The molecule has 13 nitrogen and oxygen atoms in total. The number of hydrogen-bond donors (Lipinski definition) is 4. The van der Waals surface area contributed by atoms with E-state index in [2.05, 4.69) is 30.9 Å². The zero-order valence-electron chi connectivity index (χ0n) is 23.8. The Morgan fingerprint density at radius 2 is 1.77 bits per heavy atom. The molecule has 1 aliphatic carbocycles. The van der Waals surface area contributed by atoms with Crippen molar-refractivity contribution in [3.05, 3.63) is 84.5 Å². The second-order valence-corrected chi connectivity index (χ2v) is 10.5. The minimum Gasteiger partial charge on any atom is -0.478 e. The minimum atomic E-state index is -1.13. The third kappa shape index (κ3) is 6.00. The van der Waals surface area contributed by atoms with Crippen molar-refractivity contribution in [3.63, 3.8) is 0 Å². The average Bonchev–Trinajstić information content (AvgIpc) is 3.72. The SMILES string of the molecule is CCNC(=O)Nc1ncnc2c1ncn2C1CC(CC(=O)Nc2ccccc2C(=O)O)C2O[C@H](/C=C/c3ccccc3)OC21. The van der Waals surface area contributed by atoms with E-state index in [1.807, 2.05) is 54.0 Å². The van der Waals surface area contributed by atoms with Gasteiger partial charge in [0, 0.05) is 13.0 Å². The Labute approximate surface area is 252 Å². The van der Waals surface area contributed by atoms with Crippen LogP contribution in [-0.2, 0) is 14.3 Å². The molecule has 3 amide bonds. The van der Waals surface area contributed by atoms with Crippen molar-refractivity contribution in [1.29, 1.82) is 0 Å². The third-order valence-electron chi connectivity index (χ3n) is 7.70. The van der Waals surface area contributed by atoms with Gasteiger partial charge in [-0.25, -0.2) is 24.5 Å². The summed E-state index contributed by atoms with van der Waals surface area (Å²) >= 11 is 0. The number of nitrogens with one attached hydrogen (secondary N) is 3. The number of imidazole rings is 1. The van der Waals surface area contributed by atoms with Crippen LogP contribution in [0.2, 0.25) is 0 Å². The van der Waals surface area contributed by atoms with E-state index in [1.165, 1.54) is 12.4 Å². The Balaban J connectivity index is 1.26. The summed E-state index contributed by atoms with van der Waals surface area (Å²) in [6.45, 7) is 2.27. The predicted molar refractivity (Wildman–Crippen MR) is 161 cm³/mol. The highest BCUT2D eigenvalue weighted by atomic mass is 16.7. The summed E-state index contributed by atoms with van der Waals surface area (Å²) in [6.07, 6.45) is 5.82. The molecule has 6 rings (SSSR count). The topological polar surface area (TPSA) is 170 Å². The maximum Gasteiger partial charge on any atom is 0.337 e. The summed E-state index contributed by atoms with van der Waals surface area (Å²) in [7, 11) is 0. The molecule has 2 aromatic carbocycles. The molecule has 1 saturated carbocycles. The van der Waals surface area contributed by atoms with E-state index in [0.29, 0.717) is 24.1 Å². The Morgan fingerprint density at radius 3 is 2.57 bits per heavy atom. The molecule has 0 radical (unpaired) electrons. The maximum absolute atomic E-state index is 13.2. The van der Waals surface area contributed by atoms with E-state index in [0.717, 1.165) is 5.56 Å². The molecule has 4 unspecified atom stereocenters. The first-order chi connectivity index (χ1) is 21.4. The molecule has 1 saturated heterocycles. The van der Waals surface area contributed by atoms with Gasteiger partial charge in [0.2, 0.25) is 5.91 Å². The zero-order chi connectivity index (χ0) is 30.6. The Bertz CT molecular complexity index is 1710. The van der Waals surface area contributed by atoms with Gasteiger partial charge < -0.3 is 29.8 Å². The molecule has 44 heavy (non-hydrogen) atoms. The van der Waals surface area contributed by atoms with E-state index < -0.39 is 30.5 Å². The number of fused-ring (bicyclic) bond motifs is 2. The summed E-state index contributed by atoms with van der Waals surface area (Å²) < 4.78 is 14.6. The van der Waals surface area contributed by atoms with Crippen LogP contribution in [0.4, 0.5) is 16.3 Å². The Hall–Kier alpha value is -5.14. The number of urea groups is 1. The molecular formula is C31H31N7O6. The average molecular weight is 598 g/mol. The fourth-order valence-corrected chi connectivity index (χ4v) is 5.80. The smallest absolute Gasteiger partial charge is 0.337 e. The number of hydrogen-bond acceptors (Lipinski definition) is 8. The molecule has 1 aliphatic heterocycles. The van der Waals surface area contributed by atoms with Crippen molar-refractivity contribution < 1.29 is 29.0 Å². The molecule has 13 heteroatoms. The predicted octanol–water partition coefficient (Wildman–Crippen LogP) is 4.08. The van der Waals surface area contributed by atoms with Gasteiger partial charge in [-0.1, -0.05) is 48.5 Å². The van der Waals surface area contributed by atoms with Gasteiger partial charge in [-0.05, 0) is 43.0 Å². The summed E-state index contributed by atoms with van der Waals surface area (Å²) in [4.78, 5) is 50.2. The van der Waals surface area contributed by atoms with Gasteiger partial charge in [-0.15, -0.1) is 0 Å². The number of amides is 3. The van der Waals surface area contributed by atoms with Gasteiger partial charge in [0.05, 0.1) is 29.7 Å². The van der Waals surface area contributed by atoms with E-state index in [1.54, 1.807) is 24.5 Å². The number of para-hydroxylation sites is 1. The van der Waals surface area contributed by atoms with Crippen molar-refractivity contribution in [2.45, 2.75) is 44.3 Å². The highest BCUT2D eigenvalue weighted by Gasteiger charge is 2.52. The molecule has 4 N–H and O–H groups in total. The van der Waals surface area contributed by atoms with Crippen molar-refractivity contribution in [2.75, 3.05) is 17.2 Å². The first-order valence-electron chi connectivity index (χ1n) is 14.3. The number of anilines is 2. The number of carboxylic acids is 1. The van der Waals surface area contributed by atoms with E-state index >= 15 is 0 Å². The van der Waals surface area contributed by atoms with Crippen LogP contribution in [0.1, 0.15) is 41.7 Å². The highest BCUT2D eigenvalue weighted by Crippen LogP contribution is 2.46. The maximum atomic E-state index is 13.2. The molecule has 3 heterocycles. The number of aromatic carboxylic acids is 1. The number of carboxylic acid groups (broad SMARTS) is 1. The second kappa shape index (κ2) is 12.6. The van der Waals surface area contributed by atoms with Crippen molar-refractivity contribution in [3.8, 4) is 0 Å². The van der Waals surface area contributed by atoms with Gasteiger partial charge in [-0.3, -0.25) is 10.1 Å². The van der Waals surface area contributed by atoms with Crippen molar-refractivity contribution in [1.82, 2.24) is 24.8 Å². The fraction of sp³-hybridized carbons (Fsp3) is 0.290. The number of carbonyl (C=O) groups excluding carboxylic acids is 2. The number of carbonyl (C=O) groups is 3. The van der Waals surface area contributed by atoms with Crippen LogP contribution in [0.5, 0.6) is 0 Å². The second-order valence-electron chi connectivity index (χ2n) is 10.5. The van der Waals surface area contributed by atoms with Gasteiger partial charge in [0.25, 0.3) is 0 Å².